The monoisotopic (exact) mass is 109 g/mol. The lowest BCUT2D eigenvalue weighted by Crippen LogP contribution is -1.56. The van der Waals surface area contributed by atoms with Gasteiger partial charge in [0.2, 0.25) is 0 Å². The smallest absolute Gasteiger partial charge is 0.0169 e. The van der Waals surface area contributed by atoms with Crippen molar-refractivity contribution >= 4 is 0 Å². The number of hydrogen-bond donors (Lipinski definition) is 0. The van der Waals surface area contributed by atoms with Gasteiger partial charge in [0.1, 0.15) is 0 Å². The highest BCUT2D eigenvalue weighted by atomic mass is 13.7. The molecular formula is C8H13. The van der Waals surface area contributed by atoms with E-state index in [4.69, 9.17) is 0 Å². The lowest BCUT2D eigenvalue weighted by atomic mass is 10.3. The van der Waals surface area contributed by atoms with E-state index in [0.29, 0.717) is 0 Å². The largest absolute Gasteiger partial charge is 0.0914 e. The standard InChI is InChI=1S/C8H13/c1-3-5-7-8-6-4-2/h4-7H,1,3,8H2,2H3. The Bertz CT molecular complexity index is 78.0. The van der Waals surface area contributed by atoms with Crippen molar-refractivity contribution in [2.75, 3.05) is 0 Å². The summed E-state index contributed by atoms with van der Waals surface area (Å²) in [6.45, 7) is 5.70. The molecule has 0 atom stereocenters. The molecule has 0 bridgehead atoms. The number of allylic oxidation sites excluding steroid dienone is 4. The fourth-order valence-corrected chi connectivity index (χ4v) is 0.429. The van der Waals surface area contributed by atoms with Gasteiger partial charge in [-0.2, -0.15) is 0 Å². The Kier molecular flexibility index (Phi) is 6.06. The SMILES string of the molecule is [CH2]CC=CCC=CC. The summed E-state index contributed by atoms with van der Waals surface area (Å²) < 4.78 is 0. The van der Waals surface area contributed by atoms with Gasteiger partial charge in [-0.25, -0.2) is 0 Å². The molecule has 0 N–H and O–H groups in total. The van der Waals surface area contributed by atoms with Crippen LogP contribution in [0.2, 0.25) is 0 Å². The average molecular weight is 109 g/mol. The van der Waals surface area contributed by atoms with Gasteiger partial charge in [0.05, 0.1) is 0 Å². The fourth-order valence-electron chi connectivity index (χ4n) is 0.429. The van der Waals surface area contributed by atoms with Crippen LogP contribution in [0.5, 0.6) is 0 Å². The van der Waals surface area contributed by atoms with Crippen molar-refractivity contribution in [3.05, 3.63) is 31.2 Å². The molecule has 0 heterocycles. The Balaban J connectivity index is 3.03. The maximum Gasteiger partial charge on any atom is -0.0169 e. The van der Waals surface area contributed by atoms with Crippen LogP contribution in [0.4, 0.5) is 0 Å². The lowest BCUT2D eigenvalue weighted by molar-refractivity contribution is 1.31. The molecule has 0 fully saturated rings. The summed E-state index contributed by atoms with van der Waals surface area (Å²) in [6.07, 6.45) is 10.3. The minimum absolute atomic E-state index is 0.900. The second-order valence-electron chi connectivity index (χ2n) is 1.56. The van der Waals surface area contributed by atoms with Crippen LogP contribution in [-0.4, -0.2) is 0 Å². The fraction of sp³-hybridized carbons (Fsp3) is 0.375. The lowest BCUT2D eigenvalue weighted by Gasteiger charge is -1.77. The van der Waals surface area contributed by atoms with E-state index in [1.165, 1.54) is 0 Å². The van der Waals surface area contributed by atoms with Gasteiger partial charge in [-0.3, -0.25) is 0 Å². The normalized spacial score (nSPS) is 11.8. The first-order valence-corrected chi connectivity index (χ1v) is 2.97. The molecule has 0 aromatic heterocycles. The summed E-state index contributed by atoms with van der Waals surface area (Å²) in [7, 11) is 0. The molecule has 45 valence electrons. The van der Waals surface area contributed by atoms with Gasteiger partial charge in [0.25, 0.3) is 0 Å². The summed E-state index contributed by atoms with van der Waals surface area (Å²) >= 11 is 0. The van der Waals surface area contributed by atoms with Crippen LogP contribution in [0.15, 0.2) is 24.3 Å². The molecule has 0 aliphatic rings. The van der Waals surface area contributed by atoms with Crippen LogP contribution in [0.1, 0.15) is 19.8 Å². The summed E-state index contributed by atoms with van der Waals surface area (Å²) in [5.74, 6) is 0. The molecule has 0 aromatic carbocycles. The summed E-state index contributed by atoms with van der Waals surface area (Å²) in [5.41, 5.74) is 0. The van der Waals surface area contributed by atoms with Crippen LogP contribution in [0.25, 0.3) is 0 Å². The highest BCUT2D eigenvalue weighted by Gasteiger charge is 1.65. The first-order valence-electron chi connectivity index (χ1n) is 2.97. The van der Waals surface area contributed by atoms with E-state index in [2.05, 4.69) is 25.2 Å². The van der Waals surface area contributed by atoms with Crippen LogP contribution in [0, 0.1) is 6.92 Å². The van der Waals surface area contributed by atoms with Crippen molar-refractivity contribution in [2.24, 2.45) is 0 Å². The molecule has 0 aliphatic heterocycles. The summed E-state index contributed by atoms with van der Waals surface area (Å²) in [5, 5.41) is 0. The van der Waals surface area contributed by atoms with E-state index in [-0.39, 0.29) is 0 Å². The van der Waals surface area contributed by atoms with Crippen molar-refractivity contribution in [1.82, 2.24) is 0 Å². The van der Waals surface area contributed by atoms with Crippen molar-refractivity contribution in [1.29, 1.82) is 0 Å². The molecule has 0 amide bonds. The van der Waals surface area contributed by atoms with E-state index in [1.54, 1.807) is 0 Å². The maximum atomic E-state index is 3.67. The molecule has 8 heavy (non-hydrogen) atoms. The van der Waals surface area contributed by atoms with Crippen LogP contribution in [-0.2, 0) is 0 Å². The van der Waals surface area contributed by atoms with Crippen molar-refractivity contribution in [3.63, 3.8) is 0 Å². The Labute approximate surface area is 51.9 Å². The van der Waals surface area contributed by atoms with Crippen LogP contribution >= 0.6 is 0 Å². The molecule has 0 heteroatoms. The molecule has 1 radical (unpaired) electrons. The van der Waals surface area contributed by atoms with Gasteiger partial charge in [-0.1, -0.05) is 24.3 Å². The third kappa shape index (κ3) is 5.48. The zero-order valence-electron chi connectivity index (χ0n) is 5.43. The molecule has 0 unspecified atom stereocenters. The van der Waals surface area contributed by atoms with E-state index in [1.807, 2.05) is 13.0 Å². The zero-order chi connectivity index (χ0) is 6.24. The predicted molar refractivity (Wildman–Crippen MR) is 38.5 cm³/mol. The van der Waals surface area contributed by atoms with Crippen molar-refractivity contribution < 1.29 is 0 Å². The molecule has 0 aliphatic carbocycles. The van der Waals surface area contributed by atoms with Crippen LogP contribution in [0.3, 0.4) is 0 Å². The van der Waals surface area contributed by atoms with Gasteiger partial charge in [0, 0.05) is 0 Å². The second kappa shape index (κ2) is 6.48. The Hall–Kier alpha value is -0.520. The number of rotatable bonds is 3. The number of hydrogen-bond acceptors (Lipinski definition) is 0. The third-order valence-electron chi connectivity index (χ3n) is 0.841. The first-order chi connectivity index (χ1) is 3.91. The van der Waals surface area contributed by atoms with E-state index in [0.717, 1.165) is 12.8 Å². The first kappa shape index (κ1) is 7.48. The van der Waals surface area contributed by atoms with E-state index >= 15 is 0 Å². The van der Waals surface area contributed by atoms with Gasteiger partial charge < -0.3 is 0 Å². The molecule has 0 rings (SSSR count). The van der Waals surface area contributed by atoms with Gasteiger partial charge >= 0.3 is 0 Å². The molecular weight excluding hydrogens is 96.1 g/mol. The minimum Gasteiger partial charge on any atom is -0.0914 e. The van der Waals surface area contributed by atoms with Crippen LogP contribution < -0.4 is 0 Å². The zero-order valence-corrected chi connectivity index (χ0v) is 5.43. The summed E-state index contributed by atoms with van der Waals surface area (Å²) in [4.78, 5) is 0. The summed E-state index contributed by atoms with van der Waals surface area (Å²) in [6, 6.07) is 0. The van der Waals surface area contributed by atoms with E-state index < -0.39 is 0 Å². The average Bonchev–Trinajstić information content (AvgIpc) is 1.81. The van der Waals surface area contributed by atoms with Crippen molar-refractivity contribution in [3.8, 4) is 0 Å². The second-order valence-corrected chi connectivity index (χ2v) is 1.56. The Morgan fingerprint density at radius 1 is 1.25 bits per heavy atom. The maximum absolute atomic E-state index is 3.67. The highest BCUT2D eigenvalue weighted by molar-refractivity contribution is 4.91. The molecule has 0 saturated heterocycles. The molecule has 0 aromatic rings. The molecule has 0 spiro atoms. The topological polar surface area (TPSA) is 0 Å². The molecule has 0 nitrogen and oxygen atoms in total. The van der Waals surface area contributed by atoms with E-state index in [9.17, 15) is 0 Å². The van der Waals surface area contributed by atoms with Gasteiger partial charge in [0.15, 0.2) is 0 Å². The predicted octanol–water partition coefficient (Wildman–Crippen LogP) is 2.73. The van der Waals surface area contributed by atoms with Gasteiger partial charge in [-0.05, 0) is 26.7 Å². The quantitative estimate of drug-likeness (QED) is 0.489. The Morgan fingerprint density at radius 2 is 2.00 bits per heavy atom. The van der Waals surface area contributed by atoms with Gasteiger partial charge in [-0.15, -0.1) is 0 Å². The minimum atomic E-state index is 0.900. The molecule has 0 saturated carbocycles. The Morgan fingerprint density at radius 3 is 2.50 bits per heavy atom. The van der Waals surface area contributed by atoms with Crippen molar-refractivity contribution in [2.45, 2.75) is 19.8 Å². The third-order valence-corrected chi connectivity index (χ3v) is 0.841. The highest BCUT2D eigenvalue weighted by Crippen LogP contribution is 1.86.